The van der Waals surface area contributed by atoms with Crippen molar-refractivity contribution in [2.45, 2.75) is 26.3 Å². The van der Waals surface area contributed by atoms with Gasteiger partial charge in [0.25, 0.3) is 0 Å². The first-order chi connectivity index (χ1) is 12.5. The summed E-state index contributed by atoms with van der Waals surface area (Å²) < 4.78 is 21.2. The third-order valence-corrected chi connectivity index (χ3v) is 4.67. The second-order valence-corrected chi connectivity index (χ2v) is 6.34. The Balaban J connectivity index is 1.98. The lowest BCUT2D eigenvalue weighted by Crippen LogP contribution is -2.33. The van der Waals surface area contributed by atoms with Crippen LogP contribution in [0.4, 0.5) is 0 Å². The molecule has 0 saturated heterocycles. The summed E-state index contributed by atoms with van der Waals surface area (Å²) in [4.78, 5) is 26.2. The predicted molar refractivity (Wildman–Crippen MR) is 95.3 cm³/mol. The van der Waals surface area contributed by atoms with Gasteiger partial charge in [-0.3, -0.25) is 9.69 Å². The van der Waals surface area contributed by atoms with Gasteiger partial charge in [0.2, 0.25) is 0 Å². The number of esters is 1. The molecule has 1 aliphatic heterocycles. The number of methoxy groups -OCH3 is 2. The number of carbonyl (C=O) groups excluding carboxylic acids is 1. The van der Waals surface area contributed by atoms with E-state index < -0.39 is 11.6 Å². The van der Waals surface area contributed by atoms with Gasteiger partial charge in [-0.2, -0.15) is 0 Å². The average molecular weight is 361 g/mol. The lowest BCUT2D eigenvalue weighted by atomic mass is 10.0. The molecular weight excluding hydrogens is 338 g/mol. The molecule has 2 aromatic rings. The summed E-state index contributed by atoms with van der Waals surface area (Å²) in [5.41, 5.74) is 1.94. The van der Waals surface area contributed by atoms with E-state index in [0.29, 0.717) is 31.0 Å². The Labute approximate surface area is 151 Å². The number of ether oxygens (including phenoxy) is 3. The van der Waals surface area contributed by atoms with E-state index in [4.69, 9.17) is 13.9 Å². The molecule has 0 saturated carbocycles. The van der Waals surface area contributed by atoms with Crippen LogP contribution in [0.25, 0.3) is 11.0 Å². The van der Waals surface area contributed by atoms with Gasteiger partial charge in [-0.1, -0.05) is 0 Å². The molecule has 0 unspecified atom stereocenters. The van der Waals surface area contributed by atoms with Crippen molar-refractivity contribution in [2.75, 3.05) is 34.1 Å². The SMILES string of the molecule is COCCCN1COc2ccc3c(C)c(CC(=O)OC)c(=O)oc3c2C1. The fraction of sp³-hybridized carbons (Fsp3) is 0.474. The summed E-state index contributed by atoms with van der Waals surface area (Å²) in [5, 5.41) is 0.810. The number of carbonyl (C=O) groups is 1. The van der Waals surface area contributed by atoms with Crippen LogP contribution in [0, 0.1) is 6.92 Å². The molecular formula is C19H23NO6. The third kappa shape index (κ3) is 3.59. The molecule has 26 heavy (non-hydrogen) atoms. The maximum absolute atomic E-state index is 12.4. The zero-order chi connectivity index (χ0) is 18.7. The van der Waals surface area contributed by atoms with Gasteiger partial charge in [-0.05, 0) is 31.0 Å². The highest BCUT2D eigenvalue weighted by atomic mass is 16.5. The Morgan fingerprint density at radius 2 is 2.12 bits per heavy atom. The van der Waals surface area contributed by atoms with Crippen LogP contribution in [0.2, 0.25) is 0 Å². The topological polar surface area (TPSA) is 78.2 Å². The highest BCUT2D eigenvalue weighted by molar-refractivity contribution is 5.87. The van der Waals surface area contributed by atoms with Gasteiger partial charge in [0.1, 0.15) is 18.1 Å². The molecule has 0 amide bonds. The van der Waals surface area contributed by atoms with Crippen molar-refractivity contribution in [3.8, 4) is 5.75 Å². The van der Waals surface area contributed by atoms with Crippen LogP contribution in [-0.2, 0) is 27.2 Å². The lowest BCUT2D eigenvalue weighted by Gasteiger charge is -2.29. The monoisotopic (exact) mass is 361 g/mol. The fourth-order valence-corrected chi connectivity index (χ4v) is 3.20. The van der Waals surface area contributed by atoms with E-state index in [1.807, 2.05) is 19.1 Å². The zero-order valence-electron chi connectivity index (χ0n) is 15.3. The fourth-order valence-electron chi connectivity index (χ4n) is 3.20. The number of nitrogens with zero attached hydrogens (tertiary/aromatic N) is 1. The van der Waals surface area contributed by atoms with Gasteiger partial charge < -0.3 is 18.6 Å². The zero-order valence-corrected chi connectivity index (χ0v) is 15.3. The Morgan fingerprint density at radius 1 is 1.31 bits per heavy atom. The molecule has 2 heterocycles. The molecule has 0 aliphatic carbocycles. The summed E-state index contributed by atoms with van der Waals surface area (Å²) >= 11 is 0. The quantitative estimate of drug-likeness (QED) is 0.442. The van der Waals surface area contributed by atoms with Gasteiger partial charge in [0.15, 0.2) is 0 Å². The first-order valence-electron chi connectivity index (χ1n) is 8.54. The number of fused-ring (bicyclic) bond motifs is 3. The molecule has 0 atom stereocenters. The summed E-state index contributed by atoms with van der Waals surface area (Å²) in [7, 11) is 2.98. The van der Waals surface area contributed by atoms with E-state index in [-0.39, 0.29) is 6.42 Å². The van der Waals surface area contributed by atoms with Crippen molar-refractivity contribution in [1.29, 1.82) is 0 Å². The molecule has 140 valence electrons. The van der Waals surface area contributed by atoms with Crippen molar-refractivity contribution in [3.05, 3.63) is 39.2 Å². The van der Waals surface area contributed by atoms with Crippen LogP contribution in [0.15, 0.2) is 21.3 Å². The maximum Gasteiger partial charge on any atom is 0.340 e. The van der Waals surface area contributed by atoms with Gasteiger partial charge >= 0.3 is 11.6 Å². The number of aryl methyl sites for hydroxylation is 1. The van der Waals surface area contributed by atoms with Crippen LogP contribution in [0.1, 0.15) is 23.1 Å². The van der Waals surface area contributed by atoms with Gasteiger partial charge in [-0.25, -0.2) is 4.79 Å². The normalized spacial score (nSPS) is 14.1. The van der Waals surface area contributed by atoms with Gasteiger partial charge in [0, 0.05) is 32.2 Å². The Morgan fingerprint density at radius 3 is 2.85 bits per heavy atom. The van der Waals surface area contributed by atoms with Crippen molar-refractivity contribution in [1.82, 2.24) is 4.90 Å². The predicted octanol–water partition coefficient (Wildman–Crippen LogP) is 2.01. The second kappa shape index (κ2) is 7.88. The number of rotatable bonds is 6. The molecule has 0 fully saturated rings. The van der Waals surface area contributed by atoms with E-state index in [0.717, 1.165) is 35.2 Å². The molecule has 0 N–H and O–H groups in total. The first kappa shape index (κ1) is 18.4. The number of hydrogen-bond donors (Lipinski definition) is 0. The number of benzene rings is 1. The van der Waals surface area contributed by atoms with Crippen LogP contribution < -0.4 is 10.4 Å². The first-order valence-corrected chi connectivity index (χ1v) is 8.54. The lowest BCUT2D eigenvalue weighted by molar-refractivity contribution is -0.139. The van der Waals surface area contributed by atoms with E-state index in [2.05, 4.69) is 9.64 Å². The minimum Gasteiger partial charge on any atom is -0.478 e. The van der Waals surface area contributed by atoms with Crippen LogP contribution >= 0.6 is 0 Å². The van der Waals surface area contributed by atoms with Crippen molar-refractivity contribution < 1.29 is 23.4 Å². The maximum atomic E-state index is 12.4. The highest BCUT2D eigenvalue weighted by Crippen LogP contribution is 2.33. The molecule has 7 nitrogen and oxygen atoms in total. The molecule has 1 aromatic carbocycles. The van der Waals surface area contributed by atoms with Crippen molar-refractivity contribution in [2.24, 2.45) is 0 Å². The molecule has 0 spiro atoms. The third-order valence-electron chi connectivity index (χ3n) is 4.67. The minimum absolute atomic E-state index is 0.0999. The summed E-state index contributed by atoms with van der Waals surface area (Å²) in [6.45, 7) is 4.46. The molecule has 3 rings (SSSR count). The van der Waals surface area contributed by atoms with Crippen LogP contribution in [0.3, 0.4) is 0 Å². The Kier molecular flexibility index (Phi) is 5.58. The van der Waals surface area contributed by atoms with Gasteiger partial charge in [-0.15, -0.1) is 0 Å². The Bertz CT molecular complexity index is 872. The average Bonchev–Trinajstić information content (AvgIpc) is 2.65. The van der Waals surface area contributed by atoms with Crippen molar-refractivity contribution >= 4 is 16.9 Å². The van der Waals surface area contributed by atoms with E-state index >= 15 is 0 Å². The summed E-state index contributed by atoms with van der Waals surface area (Å²) in [5.74, 6) is 0.258. The van der Waals surface area contributed by atoms with Gasteiger partial charge in [0.05, 0.1) is 24.7 Å². The smallest absolute Gasteiger partial charge is 0.340 e. The van der Waals surface area contributed by atoms with Crippen molar-refractivity contribution in [3.63, 3.8) is 0 Å². The Hall–Kier alpha value is -2.38. The standard InChI is InChI=1S/C19H23NO6/c1-12-13-5-6-16-15(10-20(11-25-16)7-4-8-23-2)18(13)26-19(22)14(12)9-17(21)24-3/h5-6H,4,7-11H2,1-3H3. The molecule has 0 radical (unpaired) electrons. The van der Waals surface area contributed by atoms with Crippen LogP contribution in [0.5, 0.6) is 5.75 Å². The molecule has 1 aromatic heterocycles. The highest BCUT2D eigenvalue weighted by Gasteiger charge is 2.23. The van der Waals surface area contributed by atoms with E-state index in [1.165, 1.54) is 7.11 Å². The summed E-state index contributed by atoms with van der Waals surface area (Å²) in [6.07, 6.45) is 0.795. The second-order valence-electron chi connectivity index (χ2n) is 6.34. The van der Waals surface area contributed by atoms with Crippen LogP contribution in [-0.4, -0.2) is 45.0 Å². The summed E-state index contributed by atoms with van der Waals surface area (Å²) in [6, 6.07) is 3.76. The van der Waals surface area contributed by atoms with E-state index in [1.54, 1.807) is 7.11 Å². The largest absolute Gasteiger partial charge is 0.478 e. The van der Waals surface area contributed by atoms with E-state index in [9.17, 15) is 9.59 Å². The number of hydrogen-bond acceptors (Lipinski definition) is 7. The molecule has 7 heteroatoms. The minimum atomic E-state index is -0.509. The molecule has 1 aliphatic rings. The molecule has 0 bridgehead atoms.